The van der Waals surface area contributed by atoms with Crippen LogP contribution in [0.15, 0.2) is 0 Å². The Kier molecular flexibility index (Phi) is 6.46. The maximum atomic E-state index is 12.1. The first-order chi connectivity index (χ1) is 9.66. The number of methoxy groups -OCH3 is 1. The Hall–Kier alpha value is -0.820. The average molecular weight is 310 g/mol. The van der Waals surface area contributed by atoms with Gasteiger partial charge in [-0.2, -0.15) is 13.2 Å². The number of esters is 1. The molecule has 0 heterocycles. The summed E-state index contributed by atoms with van der Waals surface area (Å²) < 4.78 is 41.2. The van der Waals surface area contributed by atoms with Crippen molar-refractivity contribution in [2.24, 2.45) is 0 Å². The lowest BCUT2D eigenvalue weighted by atomic mass is 9.95. The van der Waals surface area contributed by atoms with Crippen LogP contribution in [-0.4, -0.2) is 55.9 Å². The zero-order chi connectivity index (χ0) is 16.1. The summed E-state index contributed by atoms with van der Waals surface area (Å²) in [6.45, 7) is 2.30. The Balaban J connectivity index is 2.34. The fraction of sp³-hybridized carbons (Fsp3) is 0.929. The van der Waals surface area contributed by atoms with Gasteiger partial charge in [0.1, 0.15) is 5.54 Å². The molecule has 0 aromatic heterocycles. The zero-order valence-corrected chi connectivity index (χ0v) is 12.9. The quantitative estimate of drug-likeness (QED) is 0.664. The van der Waals surface area contributed by atoms with Crippen molar-refractivity contribution in [3.63, 3.8) is 0 Å². The largest absolute Gasteiger partial charge is 0.468 e. The van der Waals surface area contributed by atoms with Crippen LogP contribution in [0.25, 0.3) is 0 Å². The van der Waals surface area contributed by atoms with Gasteiger partial charge in [0.15, 0.2) is 0 Å². The summed E-state index contributed by atoms with van der Waals surface area (Å²) in [5, 5.41) is 3.27. The van der Waals surface area contributed by atoms with Crippen molar-refractivity contribution in [1.82, 2.24) is 10.2 Å². The predicted molar refractivity (Wildman–Crippen MR) is 74.0 cm³/mol. The highest BCUT2D eigenvalue weighted by Gasteiger charge is 2.38. The van der Waals surface area contributed by atoms with Crippen molar-refractivity contribution in [3.05, 3.63) is 0 Å². The van der Waals surface area contributed by atoms with Crippen molar-refractivity contribution in [3.8, 4) is 0 Å². The molecule has 7 heteroatoms. The van der Waals surface area contributed by atoms with Crippen molar-refractivity contribution in [2.75, 3.05) is 27.2 Å². The van der Waals surface area contributed by atoms with Gasteiger partial charge in [-0.1, -0.05) is 0 Å². The highest BCUT2D eigenvalue weighted by molar-refractivity contribution is 5.80. The number of ether oxygens (including phenoxy) is 1. The van der Waals surface area contributed by atoms with E-state index in [0.717, 1.165) is 12.8 Å². The molecule has 0 saturated heterocycles. The molecular weight excluding hydrogens is 285 g/mol. The first-order valence-electron chi connectivity index (χ1n) is 7.28. The van der Waals surface area contributed by atoms with E-state index in [1.807, 2.05) is 0 Å². The van der Waals surface area contributed by atoms with Gasteiger partial charge in [0.2, 0.25) is 0 Å². The number of halogens is 3. The second kappa shape index (κ2) is 7.45. The van der Waals surface area contributed by atoms with E-state index in [1.54, 1.807) is 18.9 Å². The molecule has 0 amide bonds. The monoisotopic (exact) mass is 310 g/mol. The van der Waals surface area contributed by atoms with Gasteiger partial charge in [0.25, 0.3) is 0 Å². The van der Waals surface area contributed by atoms with Gasteiger partial charge in [-0.25, -0.2) is 0 Å². The number of carbonyl (C=O) groups excluding carboxylic acids is 1. The van der Waals surface area contributed by atoms with Crippen LogP contribution in [0.4, 0.5) is 13.2 Å². The molecule has 0 aromatic carbocycles. The Bertz CT molecular complexity index is 346. The molecule has 1 unspecified atom stereocenters. The Morgan fingerprint density at radius 1 is 1.29 bits per heavy atom. The number of rotatable bonds is 9. The third kappa shape index (κ3) is 7.13. The van der Waals surface area contributed by atoms with Gasteiger partial charge in [-0.15, -0.1) is 0 Å². The van der Waals surface area contributed by atoms with Gasteiger partial charge in [0, 0.05) is 12.6 Å². The lowest BCUT2D eigenvalue weighted by molar-refractivity contribution is -0.148. The van der Waals surface area contributed by atoms with Crippen LogP contribution < -0.4 is 5.32 Å². The third-order valence-electron chi connectivity index (χ3n) is 3.73. The fourth-order valence-corrected chi connectivity index (χ4v) is 2.27. The zero-order valence-electron chi connectivity index (χ0n) is 12.9. The first-order valence-corrected chi connectivity index (χ1v) is 7.28. The summed E-state index contributed by atoms with van der Waals surface area (Å²) in [5.74, 6) is -0.313. The Morgan fingerprint density at radius 3 is 2.38 bits per heavy atom. The smallest absolute Gasteiger partial charge is 0.390 e. The summed E-state index contributed by atoms with van der Waals surface area (Å²) in [6.07, 6.45) is -1.64. The van der Waals surface area contributed by atoms with Crippen LogP contribution in [-0.2, 0) is 9.53 Å². The normalized spacial score (nSPS) is 18.6. The summed E-state index contributed by atoms with van der Waals surface area (Å²) in [7, 11) is 3.01. The minimum absolute atomic E-state index is 0.0194. The van der Waals surface area contributed by atoms with Gasteiger partial charge < -0.3 is 9.64 Å². The molecule has 1 rings (SSSR count). The lowest BCUT2D eigenvalue weighted by Gasteiger charge is -2.29. The topological polar surface area (TPSA) is 41.6 Å². The van der Waals surface area contributed by atoms with Gasteiger partial charge in [-0.3, -0.25) is 10.1 Å². The molecule has 1 fully saturated rings. The molecule has 1 aliphatic carbocycles. The Morgan fingerprint density at radius 2 is 1.90 bits per heavy atom. The van der Waals surface area contributed by atoms with Crippen LogP contribution >= 0.6 is 0 Å². The number of nitrogens with one attached hydrogen (secondary N) is 1. The van der Waals surface area contributed by atoms with Crippen LogP contribution in [0.3, 0.4) is 0 Å². The van der Waals surface area contributed by atoms with Crippen molar-refractivity contribution in [2.45, 2.75) is 56.8 Å². The molecule has 124 valence electrons. The maximum Gasteiger partial charge on any atom is 0.390 e. The van der Waals surface area contributed by atoms with E-state index in [0.29, 0.717) is 25.4 Å². The summed E-state index contributed by atoms with van der Waals surface area (Å²) >= 11 is 0. The number of hydrogen-bond donors (Lipinski definition) is 1. The van der Waals surface area contributed by atoms with Crippen molar-refractivity contribution < 1.29 is 22.7 Å². The number of alkyl halides is 3. The van der Waals surface area contributed by atoms with E-state index in [-0.39, 0.29) is 12.5 Å². The molecule has 1 N–H and O–H groups in total. The van der Waals surface area contributed by atoms with E-state index in [2.05, 4.69) is 5.32 Å². The van der Waals surface area contributed by atoms with Crippen LogP contribution in [0.5, 0.6) is 0 Å². The molecule has 1 atom stereocenters. The number of carbonyl (C=O) groups is 1. The average Bonchev–Trinajstić information content (AvgIpc) is 3.18. The SMILES string of the molecule is COC(=O)C(C)(CCCN(C)CCC(F)(F)F)NC1CC1. The molecular formula is C14H25F3N2O2. The summed E-state index contributed by atoms with van der Waals surface area (Å²) in [6, 6.07) is 0.358. The van der Waals surface area contributed by atoms with Crippen molar-refractivity contribution in [1.29, 1.82) is 0 Å². The lowest BCUT2D eigenvalue weighted by Crippen LogP contribution is -2.51. The highest BCUT2D eigenvalue weighted by atomic mass is 19.4. The van der Waals surface area contributed by atoms with Gasteiger partial charge in [-0.05, 0) is 46.2 Å². The maximum absolute atomic E-state index is 12.1. The van der Waals surface area contributed by atoms with Crippen LogP contribution in [0.1, 0.15) is 39.0 Å². The number of nitrogens with zero attached hydrogens (tertiary/aromatic N) is 1. The van der Waals surface area contributed by atoms with Crippen LogP contribution in [0, 0.1) is 0 Å². The summed E-state index contributed by atoms with van der Waals surface area (Å²) in [4.78, 5) is 13.5. The molecule has 21 heavy (non-hydrogen) atoms. The summed E-state index contributed by atoms with van der Waals surface area (Å²) in [5.41, 5.74) is -0.749. The highest BCUT2D eigenvalue weighted by Crippen LogP contribution is 2.26. The first kappa shape index (κ1) is 18.2. The molecule has 4 nitrogen and oxygen atoms in total. The van der Waals surface area contributed by atoms with Crippen molar-refractivity contribution >= 4 is 5.97 Å². The molecule has 1 aliphatic rings. The minimum Gasteiger partial charge on any atom is -0.468 e. The third-order valence-corrected chi connectivity index (χ3v) is 3.73. The van der Waals surface area contributed by atoms with Gasteiger partial charge >= 0.3 is 12.1 Å². The van der Waals surface area contributed by atoms with Gasteiger partial charge in [0.05, 0.1) is 13.5 Å². The van der Waals surface area contributed by atoms with E-state index < -0.39 is 18.1 Å². The second-order valence-corrected chi connectivity index (χ2v) is 6.01. The molecule has 0 radical (unpaired) electrons. The standard InChI is InChI=1S/C14H25F3N2O2/c1-13(12(20)21-3,18-11-5-6-11)7-4-9-19(2)10-8-14(15,16)17/h11,18H,4-10H2,1-3H3. The molecule has 0 bridgehead atoms. The molecule has 0 aromatic rings. The van der Waals surface area contributed by atoms with E-state index >= 15 is 0 Å². The number of hydrogen-bond acceptors (Lipinski definition) is 4. The molecule has 0 aliphatic heterocycles. The van der Waals surface area contributed by atoms with E-state index in [4.69, 9.17) is 4.74 Å². The molecule has 0 spiro atoms. The van der Waals surface area contributed by atoms with E-state index in [1.165, 1.54) is 7.11 Å². The Labute approximate surface area is 124 Å². The second-order valence-electron chi connectivity index (χ2n) is 6.01. The van der Waals surface area contributed by atoms with E-state index in [9.17, 15) is 18.0 Å². The molecule has 1 saturated carbocycles. The predicted octanol–water partition coefficient (Wildman–Crippen LogP) is 2.33. The van der Waals surface area contributed by atoms with Crippen LogP contribution in [0.2, 0.25) is 0 Å². The fourth-order valence-electron chi connectivity index (χ4n) is 2.27. The minimum atomic E-state index is -4.12.